The average Bonchev–Trinajstić information content (AvgIpc) is 2.56. The molecule has 8 heteroatoms. The van der Waals surface area contributed by atoms with Crippen LogP contribution in [0.3, 0.4) is 0 Å². The Morgan fingerprint density at radius 2 is 1.54 bits per heavy atom. The number of hydrogen-bond donors (Lipinski definition) is 1. The fraction of sp³-hybridized carbons (Fsp3) is 0.278. The fourth-order valence-corrected chi connectivity index (χ4v) is 3.42. The second-order valence-corrected chi connectivity index (χ2v) is 8.39. The molecule has 2 aromatic carbocycles. The first-order chi connectivity index (χ1) is 12.2. The van der Waals surface area contributed by atoms with Gasteiger partial charge < -0.3 is 10.2 Å². The van der Waals surface area contributed by atoms with Gasteiger partial charge in [0.25, 0.3) is 0 Å². The predicted molar refractivity (Wildman–Crippen MR) is 108 cm³/mol. The molecule has 0 aromatic heterocycles. The molecule has 0 saturated heterocycles. The zero-order chi connectivity index (χ0) is 19.3. The molecular weight excluding hydrogens is 374 g/mol. The maximum Gasteiger partial charge on any atom is 0.232 e. The van der Waals surface area contributed by atoms with E-state index in [4.69, 9.17) is 11.6 Å². The Kier molecular flexibility index (Phi) is 6.50. The van der Waals surface area contributed by atoms with Crippen molar-refractivity contribution < 1.29 is 13.2 Å². The van der Waals surface area contributed by atoms with Gasteiger partial charge in [-0.3, -0.25) is 9.10 Å². The lowest BCUT2D eigenvalue weighted by Gasteiger charge is -2.23. The van der Waals surface area contributed by atoms with Crippen LogP contribution in [-0.2, 0) is 14.8 Å². The van der Waals surface area contributed by atoms with Gasteiger partial charge in [-0.25, -0.2) is 8.42 Å². The van der Waals surface area contributed by atoms with Gasteiger partial charge in [0.2, 0.25) is 15.9 Å². The Hall–Kier alpha value is -2.25. The van der Waals surface area contributed by atoms with Crippen LogP contribution in [-0.4, -0.2) is 41.2 Å². The number of amides is 1. The molecule has 0 saturated carbocycles. The van der Waals surface area contributed by atoms with Gasteiger partial charge in [-0.05, 0) is 48.5 Å². The molecule has 0 radical (unpaired) electrons. The van der Waals surface area contributed by atoms with Gasteiger partial charge in [0, 0.05) is 43.5 Å². The van der Waals surface area contributed by atoms with Gasteiger partial charge in [0.1, 0.15) is 0 Å². The molecule has 1 amide bonds. The minimum absolute atomic E-state index is 0.0329. The van der Waals surface area contributed by atoms with Gasteiger partial charge in [0.05, 0.1) is 11.9 Å². The molecule has 26 heavy (non-hydrogen) atoms. The molecule has 140 valence electrons. The normalized spacial score (nSPS) is 11.1. The zero-order valence-electron chi connectivity index (χ0n) is 14.9. The number of carbonyl (C=O) groups is 1. The molecular formula is C18H22ClN3O3S. The van der Waals surface area contributed by atoms with Crippen molar-refractivity contribution >= 4 is 44.6 Å². The van der Waals surface area contributed by atoms with Crippen LogP contribution in [0.25, 0.3) is 0 Å². The van der Waals surface area contributed by atoms with Gasteiger partial charge in [-0.2, -0.15) is 0 Å². The van der Waals surface area contributed by atoms with Crippen molar-refractivity contribution in [1.29, 1.82) is 0 Å². The summed E-state index contributed by atoms with van der Waals surface area (Å²) in [4.78, 5) is 14.1. The maximum absolute atomic E-state index is 12.1. The number of sulfonamides is 1. The van der Waals surface area contributed by atoms with Crippen LogP contribution in [0.2, 0.25) is 5.02 Å². The topological polar surface area (TPSA) is 69.7 Å². The molecule has 0 bridgehead atoms. The summed E-state index contributed by atoms with van der Waals surface area (Å²) in [5, 5.41) is 3.30. The van der Waals surface area contributed by atoms with Crippen LogP contribution in [0.1, 0.15) is 6.42 Å². The number of halogens is 1. The molecule has 2 rings (SSSR count). The highest BCUT2D eigenvalue weighted by molar-refractivity contribution is 7.92. The molecule has 0 heterocycles. The number of anilines is 3. The van der Waals surface area contributed by atoms with E-state index < -0.39 is 10.0 Å². The summed E-state index contributed by atoms with van der Waals surface area (Å²) in [5.74, 6) is -0.272. The van der Waals surface area contributed by atoms with Crippen molar-refractivity contribution in [3.8, 4) is 0 Å². The second-order valence-electron chi connectivity index (χ2n) is 6.05. The molecule has 0 fully saturated rings. The van der Waals surface area contributed by atoms with E-state index in [9.17, 15) is 13.2 Å². The standard InChI is InChI=1S/C18H22ClN3O3S/c1-21(2)16-8-10-17(11-9-16)22(26(3,24)25)13-12-18(23)20-15-6-4-14(19)5-7-15/h4-11H,12-13H2,1-3H3,(H,20,23). The average molecular weight is 396 g/mol. The number of nitrogens with one attached hydrogen (secondary N) is 1. The molecule has 0 aliphatic carbocycles. The fourth-order valence-electron chi connectivity index (χ4n) is 2.36. The summed E-state index contributed by atoms with van der Waals surface area (Å²) in [6, 6.07) is 13.9. The lowest BCUT2D eigenvalue weighted by molar-refractivity contribution is -0.116. The summed E-state index contributed by atoms with van der Waals surface area (Å²) >= 11 is 5.81. The highest BCUT2D eigenvalue weighted by Crippen LogP contribution is 2.22. The Morgan fingerprint density at radius 1 is 1.00 bits per heavy atom. The van der Waals surface area contributed by atoms with E-state index in [-0.39, 0.29) is 18.9 Å². The quantitative estimate of drug-likeness (QED) is 0.781. The molecule has 0 aliphatic rings. The van der Waals surface area contributed by atoms with Crippen molar-refractivity contribution in [1.82, 2.24) is 0 Å². The summed E-state index contributed by atoms with van der Waals surface area (Å²) in [5.41, 5.74) is 2.10. The minimum Gasteiger partial charge on any atom is -0.378 e. The molecule has 1 N–H and O–H groups in total. The van der Waals surface area contributed by atoms with Crippen molar-refractivity contribution in [2.45, 2.75) is 6.42 Å². The first kappa shape index (κ1) is 20.1. The molecule has 0 aliphatic heterocycles. The van der Waals surface area contributed by atoms with E-state index in [1.807, 2.05) is 31.1 Å². The number of carbonyl (C=O) groups excluding carboxylic acids is 1. The van der Waals surface area contributed by atoms with Gasteiger partial charge in [0.15, 0.2) is 0 Å². The highest BCUT2D eigenvalue weighted by Gasteiger charge is 2.18. The van der Waals surface area contributed by atoms with E-state index in [2.05, 4.69) is 5.32 Å². The monoisotopic (exact) mass is 395 g/mol. The molecule has 2 aromatic rings. The molecule has 0 atom stereocenters. The van der Waals surface area contributed by atoms with Gasteiger partial charge >= 0.3 is 0 Å². The second kappa shape index (κ2) is 8.42. The third-order valence-corrected chi connectivity index (χ3v) is 5.17. The van der Waals surface area contributed by atoms with Crippen LogP contribution in [0.5, 0.6) is 0 Å². The molecule has 0 spiro atoms. The Morgan fingerprint density at radius 3 is 2.04 bits per heavy atom. The minimum atomic E-state index is -3.50. The van der Waals surface area contributed by atoms with Crippen LogP contribution in [0.4, 0.5) is 17.1 Å². The maximum atomic E-state index is 12.1. The van der Waals surface area contributed by atoms with Crippen LogP contribution >= 0.6 is 11.6 Å². The molecule has 6 nitrogen and oxygen atoms in total. The van der Waals surface area contributed by atoms with E-state index in [0.29, 0.717) is 16.4 Å². The summed E-state index contributed by atoms with van der Waals surface area (Å²) in [7, 11) is 0.311. The van der Waals surface area contributed by atoms with Crippen LogP contribution in [0, 0.1) is 0 Å². The SMILES string of the molecule is CN(C)c1ccc(N(CCC(=O)Nc2ccc(Cl)cc2)S(C)(=O)=O)cc1. The highest BCUT2D eigenvalue weighted by atomic mass is 35.5. The molecule has 0 unspecified atom stereocenters. The summed E-state index contributed by atoms with van der Waals surface area (Å²) < 4.78 is 25.5. The first-order valence-electron chi connectivity index (χ1n) is 7.97. The number of benzene rings is 2. The van der Waals surface area contributed by atoms with Crippen molar-refractivity contribution in [2.75, 3.05) is 41.4 Å². The third kappa shape index (κ3) is 5.64. The summed E-state index contributed by atoms with van der Waals surface area (Å²) in [6.07, 6.45) is 1.16. The largest absolute Gasteiger partial charge is 0.378 e. The van der Waals surface area contributed by atoms with Crippen LogP contribution < -0.4 is 14.5 Å². The van der Waals surface area contributed by atoms with E-state index in [0.717, 1.165) is 11.9 Å². The van der Waals surface area contributed by atoms with E-state index in [1.165, 1.54) is 4.31 Å². The lowest BCUT2D eigenvalue weighted by atomic mass is 10.2. The summed E-state index contributed by atoms with van der Waals surface area (Å²) in [6.45, 7) is 0.0551. The number of rotatable bonds is 7. The number of hydrogen-bond acceptors (Lipinski definition) is 4. The van der Waals surface area contributed by atoms with Crippen molar-refractivity contribution in [2.24, 2.45) is 0 Å². The van der Waals surface area contributed by atoms with Crippen molar-refractivity contribution in [3.63, 3.8) is 0 Å². The third-order valence-electron chi connectivity index (χ3n) is 3.72. The zero-order valence-corrected chi connectivity index (χ0v) is 16.5. The Balaban J connectivity index is 2.06. The first-order valence-corrected chi connectivity index (χ1v) is 10.2. The lowest BCUT2D eigenvalue weighted by Crippen LogP contribution is -2.33. The van der Waals surface area contributed by atoms with Crippen molar-refractivity contribution in [3.05, 3.63) is 53.6 Å². The Bertz CT molecular complexity index is 850. The van der Waals surface area contributed by atoms with Gasteiger partial charge in [-0.15, -0.1) is 0 Å². The van der Waals surface area contributed by atoms with Crippen LogP contribution in [0.15, 0.2) is 48.5 Å². The number of nitrogens with zero attached hydrogens (tertiary/aromatic N) is 2. The Labute approximate surface area is 159 Å². The van der Waals surface area contributed by atoms with E-state index in [1.54, 1.807) is 36.4 Å². The van der Waals surface area contributed by atoms with E-state index >= 15 is 0 Å². The van der Waals surface area contributed by atoms with Gasteiger partial charge in [-0.1, -0.05) is 11.6 Å². The smallest absolute Gasteiger partial charge is 0.232 e. The predicted octanol–water partition coefficient (Wildman–Crippen LogP) is 3.20.